The summed E-state index contributed by atoms with van der Waals surface area (Å²) in [5, 5.41) is 0.999. The van der Waals surface area contributed by atoms with Crippen LogP contribution in [0, 0.1) is 5.82 Å². The van der Waals surface area contributed by atoms with Gasteiger partial charge in [-0.1, -0.05) is 30.9 Å². The van der Waals surface area contributed by atoms with Crippen molar-refractivity contribution in [2.75, 3.05) is 6.54 Å². The van der Waals surface area contributed by atoms with E-state index in [-0.39, 0.29) is 11.5 Å². The summed E-state index contributed by atoms with van der Waals surface area (Å²) >= 11 is 0. The molecule has 1 aliphatic rings. The number of ether oxygens (including phenoxy) is 1. The van der Waals surface area contributed by atoms with Gasteiger partial charge in [0.2, 0.25) is 0 Å². The quantitative estimate of drug-likeness (QED) is 0.516. The number of hydrogen-bond donors (Lipinski definition) is 1. The first kappa shape index (κ1) is 19.6. The van der Waals surface area contributed by atoms with E-state index in [4.69, 9.17) is 4.74 Å². The summed E-state index contributed by atoms with van der Waals surface area (Å²) in [6, 6.07) is 13.1. The molecule has 0 bridgehead atoms. The van der Waals surface area contributed by atoms with E-state index < -0.39 is 17.9 Å². The number of amides is 1. The van der Waals surface area contributed by atoms with Crippen LogP contribution in [0.2, 0.25) is 0 Å². The smallest absolute Gasteiger partial charge is 0.342 e. The van der Waals surface area contributed by atoms with Crippen molar-refractivity contribution in [3.63, 3.8) is 0 Å². The van der Waals surface area contributed by atoms with Gasteiger partial charge in [-0.25, -0.2) is 9.18 Å². The van der Waals surface area contributed by atoms with E-state index in [0.29, 0.717) is 24.2 Å². The molecule has 6 heteroatoms. The number of rotatable bonds is 4. The minimum absolute atomic E-state index is 0.267. The summed E-state index contributed by atoms with van der Waals surface area (Å²) in [6.45, 7) is 5.74. The van der Waals surface area contributed by atoms with Gasteiger partial charge in [-0.05, 0) is 49.2 Å². The van der Waals surface area contributed by atoms with Gasteiger partial charge in [0.05, 0.1) is 11.3 Å². The third kappa shape index (κ3) is 3.64. The van der Waals surface area contributed by atoms with Gasteiger partial charge in [-0.15, -0.1) is 0 Å². The van der Waals surface area contributed by atoms with Gasteiger partial charge in [-0.3, -0.25) is 4.79 Å². The van der Waals surface area contributed by atoms with Gasteiger partial charge >= 0.3 is 5.97 Å². The number of halogens is 1. The lowest BCUT2D eigenvalue weighted by atomic mass is 10.0. The zero-order chi connectivity index (χ0) is 21.3. The molecular weight excluding hydrogens is 383 g/mol. The Bertz CT molecular complexity index is 1160. The second kappa shape index (κ2) is 7.99. The molecular formula is C24H21FN2O3. The molecule has 0 fully saturated rings. The summed E-state index contributed by atoms with van der Waals surface area (Å²) in [6.07, 6.45) is 3.13. The van der Waals surface area contributed by atoms with Crippen LogP contribution in [0.5, 0.6) is 0 Å². The number of nitrogens with zero attached hydrogens (tertiary/aromatic N) is 1. The number of esters is 1. The number of nitrogens with one attached hydrogen (secondary N) is 1. The summed E-state index contributed by atoms with van der Waals surface area (Å²) < 4.78 is 18.7. The topological polar surface area (TPSA) is 62.4 Å². The molecule has 4 rings (SSSR count). The van der Waals surface area contributed by atoms with Crippen molar-refractivity contribution in [3.05, 3.63) is 90.0 Å². The number of para-hydroxylation sites is 1. The zero-order valence-corrected chi connectivity index (χ0v) is 16.5. The molecule has 0 saturated carbocycles. The van der Waals surface area contributed by atoms with Crippen LogP contribution in [-0.4, -0.2) is 34.4 Å². The van der Waals surface area contributed by atoms with Gasteiger partial charge in [0.15, 0.2) is 0 Å². The van der Waals surface area contributed by atoms with Crippen molar-refractivity contribution < 1.29 is 18.7 Å². The molecule has 0 aliphatic carbocycles. The molecule has 1 aromatic heterocycles. The first-order valence-electron chi connectivity index (χ1n) is 9.69. The van der Waals surface area contributed by atoms with Crippen molar-refractivity contribution in [1.29, 1.82) is 0 Å². The molecule has 1 N–H and O–H groups in total. The summed E-state index contributed by atoms with van der Waals surface area (Å²) in [4.78, 5) is 30.8. The monoisotopic (exact) mass is 404 g/mol. The van der Waals surface area contributed by atoms with E-state index in [1.807, 2.05) is 24.3 Å². The van der Waals surface area contributed by atoms with Crippen molar-refractivity contribution in [3.8, 4) is 0 Å². The lowest BCUT2D eigenvalue weighted by molar-refractivity contribution is -0.139. The van der Waals surface area contributed by atoms with Crippen LogP contribution in [0.25, 0.3) is 16.5 Å². The number of hydrogen-bond acceptors (Lipinski definition) is 3. The SMILES string of the molecule is C=CC(C)OC(=O)C1=CN(C(=O)c2ccc(F)cc2)CCc2c1[nH]c1ccccc21. The first-order chi connectivity index (χ1) is 14.5. The average molecular weight is 404 g/mol. The molecule has 0 spiro atoms. The van der Waals surface area contributed by atoms with Crippen LogP contribution < -0.4 is 0 Å². The third-order valence-electron chi connectivity index (χ3n) is 5.17. The van der Waals surface area contributed by atoms with E-state index >= 15 is 0 Å². The maximum Gasteiger partial charge on any atom is 0.342 e. The Hall–Kier alpha value is -3.67. The predicted octanol–water partition coefficient (Wildman–Crippen LogP) is 4.46. The lowest BCUT2D eigenvalue weighted by Crippen LogP contribution is -2.28. The fourth-order valence-corrected chi connectivity index (χ4v) is 3.56. The molecule has 152 valence electrons. The van der Waals surface area contributed by atoms with Crippen molar-refractivity contribution >= 4 is 28.4 Å². The van der Waals surface area contributed by atoms with Crippen LogP contribution in [0.15, 0.2) is 67.4 Å². The molecule has 2 heterocycles. The number of fused-ring (bicyclic) bond motifs is 3. The second-order valence-corrected chi connectivity index (χ2v) is 7.17. The van der Waals surface area contributed by atoms with Crippen LogP contribution in [0.1, 0.15) is 28.5 Å². The average Bonchev–Trinajstić information content (AvgIpc) is 3.01. The number of aromatic amines is 1. The van der Waals surface area contributed by atoms with Gasteiger partial charge in [-0.2, -0.15) is 0 Å². The Labute approximate surface area is 173 Å². The molecule has 2 aromatic carbocycles. The van der Waals surface area contributed by atoms with Crippen LogP contribution in [0.3, 0.4) is 0 Å². The van der Waals surface area contributed by atoms with Crippen LogP contribution in [0.4, 0.5) is 4.39 Å². The van der Waals surface area contributed by atoms with Gasteiger partial charge in [0.1, 0.15) is 11.9 Å². The maximum atomic E-state index is 13.3. The fourth-order valence-electron chi connectivity index (χ4n) is 3.56. The molecule has 0 radical (unpaired) electrons. The number of carbonyl (C=O) groups excluding carboxylic acids is 2. The van der Waals surface area contributed by atoms with Crippen LogP contribution >= 0.6 is 0 Å². The Morgan fingerprint density at radius 2 is 1.93 bits per heavy atom. The molecule has 1 atom stereocenters. The van der Waals surface area contributed by atoms with Crippen LogP contribution in [-0.2, 0) is 16.0 Å². The minimum Gasteiger partial charge on any atom is -0.455 e. The number of benzene rings is 2. The number of H-pyrrole nitrogens is 1. The lowest BCUT2D eigenvalue weighted by Gasteiger charge is -2.18. The minimum atomic E-state index is -0.547. The van der Waals surface area contributed by atoms with E-state index in [2.05, 4.69) is 11.6 Å². The Balaban J connectivity index is 1.78. The van der Waals surface area contributed by atoms with E-state index in [1.165, 1.54) is 41.4 Å². The zero-order valence-electron chi connectivity index (χ0n) is 16.5. The van der Waals surface area contributed by atoms with E-state index in [0.717, 1.165) is 16.5 Å². The van der Waals surface area contributed by atoms with Gasteiger partial charge in [0, 0.05) is 29.2 Å². The Morgan fingerprint density at radius 1 is 1.20 bits per heavy atom. The highest BCUT2D eigenvalue weighted by molar-refractivity contribution is 6.18. The van der Waals surface area contributed by atoms with Crippen molar-refractivity contribution in [2.45, 2.75) is 19.4 Å². The summed E-state index contributed by atoms with van der Waals surface area (Å²) in [7, 11) is 0. The van der Waals surface area contributed by atoms with E-state index in [1.54, 1.807) is 6.92 Å². The molecule has 30 heavy (non-hydrogen) atoms. The molecule has 0 saturated heterocycles. The highest BCUT2D eigenvalue weighted by atomic mass is 19.1. The normalized spacial score (nSPS) is 14.5. The Morgan fingerprint density at radius 3 is 2.67 bits per heavy atom. The highest BCUT2D eigenvalue weighted by Crippen LogP contribution is 2.32. The fraction of sp³-hybridized carbons (Fsp3) is 0.167. The summed E-state index contributed by atoms with van der Waals surface area (Å²) in [5.41, 5.74) is 3.12. The first-order valence-corrected chi connectivity index (χ1v) is 9.69. The standard InChI is InChI=1S/C24H21FN2O3/c1-3-15(2)30-24(29)20-14-27(23(28)16-8-10-17(25)11-9-16)13-12-19-18-6-4-5-7-21(18)26-22(19)20/h3-11,14-15,26H,1,12-13H2,2H3. The van der Waals surface area contributed by atoms with Crippen molar-refractivity contribution in [1.82, 2.24) is 9.88 Å². The highest BCUT2D eigenvalue weighted by Gasteiger charge is 2.28. The number of carbonyl (C=O) groups is 2. The molecule has 1 aliphatic heterocycles. The van der Waals surface area contributed by atoms with Gasteiger partial charge < -0.3 is 14.6 Å². The van der Waals surface area contributed by atoms with Crippen molar-refractivity contribution in [2.24, 2.45) is 0 Å². The predicted molar refractivity (Wildman–Crippen MR) is 113 cm³/mol. The van der Waals surface area contributed by atoms with Gasteiger partial charge in [0.25, 0.3) is 5.91 Å². The molecule has 3 aromatic rings. The Kier molecular flexibility index (Phi) is 5.23. The molecule has 1 unspecified atom stereocenters. The van der Waals surface area contributed by atoms with E-state index in [9.17, 15) is 14.0 Å². The molecule has 1 amide bonds. The summed E-state index contributed by atoms with van der Waals surface area (Å²) in [5.74, 6) is -1.28. The molecule has 5 nitrogen and oxygen atoms in total. The number of aromatic nitrogens is 1. The maximum absolute atomic E-state index is 13.3. The second-order valence-electron chi connectivity index (χ2n) is 7.17. The third-order valence-corrected chi connectivity index (χ3v) is 5.17. The largest absolute Gasteiger partial charge is 0.455 e.